The molecule has 5 nitrogen and oxygen atoms in total. The van der Waals surface area contributed by atoms with Crippen molar-refractivity contribution in [2.24, 2.45) is 0 Å². The van der Waals surface area contributed by atoms with E-state index in [2.05, 4.69) is 5.32 Å². The molecule has 180 valence electrons. The average Bonchev–Trinajstić information content (AvgIpc) is 3.33. The topological polar surface area (TPSA) is 68.3 Å². The van der Waals surface area contributed by atoms with E-state index in [1.54, 1.807) is 42.5 Å². The van der Waals surface area contributed by atoms with Gasteiger partial charge in [-0.25, -0.2) is 9.78 Å². The number of para-hydroxylation sites is 1. The molecule has 36 heavy (non-hydrogen) atoms. The zero-order valence-corrected chi connectivity index (χ0v) is 21.3. The van der Waals surface area contributed by atoms with Crippen molar-refractivity contribution in [3.63, 3.8) is 0 Å². The van der Waals surface area contributed by atoms with Crippen molar-refractivity contribution in [2.45, 2.75) is 26.4 Å². The van der Waals surface area contributed by atoms with Gasteiger partial charge in [0.1, 0.15) is 5.01 Å². The van der Waals surface area contributed by atoms with Gasteiger partial charge in [0.25, 0.3) is 5.91 Å². The Morgan fingerprint density at radius 1 is 1.00 bits per heavy atom. The Bertz CT molecular complexity index is 1570. The molecule has 1 unspecified atom stereocenters. The molecule has 1 heterocycles. The zero-order valence-electron chi connectivity index (χ0n) is 19.7. The van der Waals surface area contributed by atoms with E-state index in [-0.39, 0.29) is 0 Å². The number of hydrogen-bond acceptors (Lipinski definition) is 5. The van der Waals surface area contributed by atoms with E-state index in [1.807, 2.05) is 61.5 Å². The molecule has 1 amide bonds. The van der Waals surface area contributed by atoms with Crippen molar-refractivity contribution in [1.29, 1.82) is 0 Å². The van der Waals surface area contributed by atoms with Crippen LogP contribution in [0.15, 0.2) is 78.9 Å². The summed E-state index contributed by atoms with van der Waals surface area (Å²) in [5.41, 5.74) is 3.50. The molecule has 0 bridgehead atoms. The van der Waals surface area contributed by atoms with Crippen molar-refractivity contribution in [3.05, 3.63) is 95.0 Å². The highest BCUT2D eigenvalue weighted by Crippen LogP contribution is 2.36. The van der Waals surface area contributed by atoms with Crippen molar-refractivity contribution in [3.8, 4) is 10.6 Å². The second-order valence-corrected chi connectivity index (χ2v) is 9.84. The van der Waals surface area contributed by atoms with Crippen molar-refractivity contribution in [2.75, 3.05) is 5.32 Å². The van der Waals surface area contributed by atoms with Gasteiger partial charge in [-0.2, -0.15) is 0 Å². The number of halogens is 1. The highest BCUT2D eigenvalue weighted by atomic mass is 35.5. The first-order chi connectivity index (χ1) is 17.5. The highest BCUT2D eigenvalue weighted by molar-refractivity contribution is 7.21. The monoisotopic (exact) mass is 514 g/mol. The number of thiazole rings is 1. The van der Waals surface area contributed by atoms with E-state index >= 15 is 0 Å². The first-order valence-electron chi connectivity index (χ1n) is 11.6. The fraction of sp³-hybridized carbons (Fsp3) is 0.138. The third-order valence-corrected chi connectivity index (χ3v) is 7.57. The number of benzene rings is 4. The summed E-state index contributed by atoms with van der Waals surface area (Å²) in [7, 11) is 0. The second kappa shape index (κ2) is 10.1. The Morgan fingerprint density at radius 3 is 2.53 bits per heavy atom. The van der Waals surface area contributed by atoms with Gasteiger partial charge in [-0.15, -0.1) is 11.3 Å². The molecule has 1 aromatic heterocycles. The Labute approximate surface area is 217 Å². The molecule has 0 aliphatic carbocycles. The molecular formula is C29H23ClN2O3S. The van der Waals surface area contributed by atoms with E-state index in [0.29, 0.717) is 22.7 Å². The van der Waals surface area contributed by atoms with Gasteiger partial charge in [-0.3, -0.25) is 4.79 Å². The molecule has 1 atom stereocenters. The largest absolute Gasteiger partial charge is 0.449 e. The van der Waals surface area contributed by atoms with E-state index in [1.165, 1.54) is 0 Å². The van der Waals surface area contributed by atoms with E-state index in [0.717, 1.165) is 37.1 Å². The lowest BCUT2D eigenvalue weighted by atomic mass is 9.99. The summed E-state index contributed by atoms with van der Waals surface area (Å²) in [6.45, 7) is 3.63. The van der Waals surface area contributed by atoms with Crippen LogP contribution in [-0.2, 0) is 9.53 Å². The number of anilines is 1. The third-order valence-electron chi connectivity index (χ3n) is 6.09. The molecule has 5 rings (SSSR count). The SMILES string of the molecule is CCC(OC(=O)c1cccc2cccc(-c3nc4ccccc4s3)c12)C(=O)Nc1cccc(Cl)c1C. The maximum absolute atomic E-state index is 13.4. The molecule has 0 aliphatic heterocycles. The highest BCUT2D eigenvalue weighted by Gasteiger charge is 2.25. The summed E-state index contributed by atoms with van der Waals surface area (Å²) in [4.78, 5) is 31.2. The molecule has 0 saturated carbocycles. The number of nitrogens with zero attached hydrogens (tertiary/aromatic N) is 1. The number of hydrogen-bond donors (Lipinski definition) is 1. The summed E-state index contributed by atoms with van der Waals surface area (Å²) < 4.78 is 6.82. The first-order valence-corrected chi connectivity index (χ1v) is 12.8. The standard InChI is InChI=1S/C29H23ClN2O3S/c1-3-24(27(33)31-22-15-8-13-21(30)17(22)2)35-29(34)20-12-7-10-18-9-6-11-19(26(18)20)28-32-23-14-4-5-16-25(23)36-28/h4-16,24H,3H2,1-2H3,(H,31,33). The molecule has 0 saturated heterocycles. The van der Waals surface area contributed by atoms with Crippen LogP contribution in [0.5, 0.6) is 0 Å². The van der Waals surface area contributed by atoms with E-state index in [4.69, 9.17) is 21.3 Å². The van der Waals surface area contributed by atoms with Gasteiger partial charge in [-0.05, 0) is 54.6 Å². The minimum atomic E-state index is -0.958. The molecule has 0 fully saturated rings. The lowest BCUT2D eigenvalue weighted by molar-refractivity contribution is -0.124. The van der Waals surface area contributed by atoms with Crippen LogP contribution < -0.4 is 5.32 Å². The minimum absolute atomic E-state index is 0.326. The fourth-order valence-corrected chi connectivity index (χ4v) is 5.32. The summed E-state index contributed by atoms with van der Waals surface area (Å²) >= 11 is 7.76. The number of ether oxygens (including phenoxy) is 1. The van der Waals surface area contributed by atoms with Crippen LogP contribution in [0, 0.1) is 6.92 Å². The van der Waals surface area contributed by atoms with Crippen LogP contribution in [0.4, 0.5) is 5.69 Å². The summed E-state index contributed by atoms with van der Waals surface area (Å²) in [6.07, 6.45) is -0.632. The number of carbonyl (C=O) groups excluding carboxylic acids is 2. The number of esters is 1. The normalized spacial score (nSPS) is 12.0. The molecule has 5 aromatic rings. The van der Waals surface area contributed by atoms with E-state index in [9.17, 15) is 9.59 Å². The molecule has 0 aliphatic rings. The molecule has 4 aromatic carbocycles. The molecule has 7 heteroatoms. The van der Waals surface area contributed by atoms with Crippen LogP contribution in [0.25, 0.3) is 31.6 Å². The predicted octanol–water partition coefficient (Wildman–Crippen LogP) is 7.65. The quantitative estimate of drug-likeness (QED) is 0.236. The van der Waals surface area contributed by atoms with Gasteiger partial charge in [0.2, 0.25) is 0 Å². The number of aromatic nitrogens is 1. The van der Waals surface area contributed by atoms with E-state index < -0.39 is 18.0 Å². The van der Waals surface area contributed by atoms with Crippen LogP contribution in [0.3, 0.4) is 0 Å². The molecule has 0 radical (unpaired) electrons. The maximum Gasteiger partial charge on any atom is 0.339 e. The van der Waals surface area contributed by atoms with Crippen LogP contribution in [-0.4, -0.2) is 23.0 Å². The molecular weight excluding hydrogens is 492 g/mol. The Morgan fingerprint density at radius 2 is 1.75 bits per heavy atom. The third kappa shape index (κ3) is 4.57. The summed E-state index contributed by atoms with van der Waals surface area (Å²) in [5, 5.41) is 5.86. The number of rotatable bonds is 6. The Kier molecular flexibility index (Phi) is 6.72. The average molecular weight is 515 g/mol. The number of nitrogens with one attached hydrogen (secondary N) is 1. The minimum Gasteiger partial charge on any atom is -0.449 e. The first kappa shape index (κ1) is 24.0. The second-order valence-electron chi connectivity index (χ2n) is 8.40. The maximum atomic E-state index is 13.4. The molecule has 0 spiro atoms. The lowest BCUT2D eigenvalue weighted by Crippen LogP contribution is -2.32. The fourth-order valence-electron chi connectivity index (χ4n) is 4.15. The van der Waals surface area contributed by atoms with Gasteiger partial charge in [-0.1, -0.05) is 67.1 Å². The van der Waals surface area contributed by atoms with Crippen molar-refractivity contribution in [1.82, 2.24) is 4.98 Å². The summed E-state index contributed by atoms with van der Waals surface area (Å²) in [5.74, 6) is -0.957. The van der Waals surface area contributed by atoms with Gasteiger partial charge >= 0.3 is 5.97 Å². The van der Waals surface area contributed by atoms with Gasteiger partial charge in [0.15, 0.2) is 6.10 Å². The summed E-state index contributed by atoms with van der Waals surface area (Å²) in [6, 6.07) is 24.6. The Balaban J connectivity index is 1.48. The smallest absolute Gasteiger partial charge is 0.339 e. The Hall–Kier alpha value is -3.74. The zero-order chi connectivity index (χ0) is 25.2. The van der Waals surface area contributed by atoms with Crippen LogP contribution in [0.1, 0.15) is 29.3 Å². The van der Waals surface area contributed by atoms with Crippen LogP contribution >= 0.6 is 22.9 Å². The van der Waals surface area contributed by atoms with Crippen molar-refractivity contribution < 1.29 is 14.3 Å². The molecule has 1 N–H and O–H groups in total. The van der Waals surface area contributed by atoms with Crippen molar-refractivity contribution >= 4 is 61.5 Å². The van der Waals surface area contributed by atoms with Crippen LogP contribution in [0.2, 0.25) is 5.02 Å². The van der Waals surface area contributed by atoms with Gasteiger partial charge in [0, 0.05) is 21.7 Å². The van der Waals surface area contributed by atoms with Gasteiger partial charge < -0.3 is 10.1 Å². The lowest BCUT2D eigenvalue weighted by Gasteiger charge is -2.18. The predicted molar refractivity (Wildman–Crippen MR) is 147 cm³/mol. The van der Waals surface area contributed by atoms with Gasteiger partial charge in [0.05, 0.1) is 15.8 Å². The number of fused-ring (bicyclic) bond motifs is 2. The number of amides is 1. The number of carbonyl (C=O) groups is 2.